The van der Waals surface area contributed by atoms with E-state index >= 15 is 0 Å². The van der Waals surface area contributed by atoms with Crippen molar-refractivity contribution < 1.29 is 4.79 Å². The zero-order valence-corrected chi connectivity index (χ0v) is 11.2. The predicted molar refractivity (Wildman–Crippen MR) is 74.0 cm³/mol. The lowest BCUT2D eigenvalue weighted by Gasteiger charge is -2.27. The minimum absolute atomic E-state index is 0.0399. The van der Waals surface area contributed by atoms with Crippen molar-refractivity contribution >= 4 is 5.91 Å². The van der Waals surface area contributed by atoms with Gasteiger partial charge in [-0.3, -0.25) is 4.79 Å². The van der Waals surface area contributed by atoms with Crippen LogP contribution in [0.4, 0.5) is 0 Å². The fourth-order valence-electron chi connectivity index (χ4n) is 2.45. The molecule has 0 unspecified atom stereocenters. The molecule has 2 aromatic rings. The van der Waals surface area contributed by atoms with Gasteiger partial charge in [0, 0.05) is 18.7 Å². The van der Waals surface area contributed by atoms with Crippen molar-refractivity contribution in [3.8, 4) is 0 Å². The van der Waals surface area contributed by atoms with E-state index in [1.165, 1.54) is 0 Å². The molecular weight excluding hydrogens is 254 g/mol. The number of benzene rings is 1. The quantitative estimate of drug-likeness (QED) is 0.878. The number of rotatable bonds is 3. The van der Waals surface area contributed by atoms with Crippen LogP contribution in [-0.2, 0) is 19.5 Å². The van der Waals surface area contributed by atoms with Gasteiger partial charge in [0.25, 0.3) is 5.91 Å². The number of aromatic nitrogens is 3. The molecule has 6 heteroatoms. The summed E-state index contributed by atoms with van der Waals surface area (Å²) in [6.45, 7) is 2.53. The first-order valence-corrected chi connectivity index (χ1v) is 6.73. The molecule has 1 aromatic carbocycles. The van der Waals surface area contributed by atoms with Crippen molar-refractivity contribution in [2.24, 2.45) is 5.73 Å². The Bertz CT molecular complexity index is 622. The molecule has 2 heterocycles. The Morgan fingerprint density at radius 2 is 2.25 bits per heavy atom. The summed E-state index contributed by atoms with van der Waals surface area (Å²) in [6.07, 6.45) is 2.49. The summed E-state index contributed by atoms with van der Waals surface area (Å²) in [5.74, 6) is 0.876. The Labute approximate surface area is 117 Å². The Balaban J connectivity index is 1.78. The molecule has 1 aromatic heterocycles. The molecule has 3 rings (SSSR count). The largest absolute Gasteiger partial charge is 0.330 e. The SMILES string of the molecule is NCCc1cccc(C(=O)N2CCn3cnnc3C2)c1. The summed E-state index contributed by atoms with van der Waals surface area (Å²) in [4.78, 5) is 14.3. The number of fused-ring (bicyclic) bond motifs is 1. The number of hydrogen-bond acceptors (Lipinski definition) is 4. The molecule has 0 saturated carbocycles. The summed E-state index contributed by atoms with van der Waals surface area (Å²) in [6, 6.07) is 7.68. The molecule has 0 atom stereocenters. The highest BCUT2D eigenvalue weighted by atomic mass is 16.2. The number of hydrogen-bond donors (Lipinski definition) is 1. The van der Waals surface area contributed by atoms with Crippen molar-refractivity contribution in [1.29, 1.82) is 0 Å². The van der Waals surface area contributed by atoms with E-state index in [4.69, 9.17) is 5.73 Å². The van der Waals surface area contributed by atoms with E-state index in [2.05, 4.69) is 10.2 Å². The molecule has 0 aliphatic carbocycles. The van der Waals surface area contributed by atoms with Gasteiger partial charge in [-0.05, 0) is 30.7 Å². The molecule has 1 aliphatic heterocycles. The number of nitrogens with zero attached hydrogens (tertiary/aromatic N) is 4. The third-order valence-corrected chi connectivity index (χ3v) is 3.53. The molecule has 104 valence electrons. The minimum atomic E-state index is 0.0399. The van der Waals surface area contributed by atoms with Gasteiger partial charge in [0.05, 0.1) is 6.54 Å². The van der Waals surface area contributed by atoms with Crippen LogP contribution in [0.25, 0.3) is 0 Å². The van der Waals surface area contributed by atoms with Gasteiger partial charge in [-0.25, -0.2) is 0 Å². The first-order chi connectivity index (χ1) is 9.78. The van der Waals surface area contributed by atoms with Crippen molar-refractivity contribution in [2.75, 3.05) is 13.1 Å². The van der Waals surface area contributed by atoms with Crippen LogP contribution in [-0.4, -0.2) is 38.7 Å². The van der Waals surface area contributed by atoms with Crippen LogP contribution in [0.5, 0.6) is 0 Å². The summed E-state index contributed by atoms with van der Waals surface area (Å²) in [5, 5.41) is 7.90. The van der Waals surface area contributed by atoms with Crippen LogP contribution < -0.4 is 5.73 Å². The van der Waals surface area contributed by atoms with Crippen LogP contribution >= 0.6 is 0 Å². The first kappa shape index (κ1) is 12.8. The smallest absolute Gasteiger partial charge is 0.254 e. The monoisotopic (exact) mass is 271 g/mol. The van der Waals surface area contributed by atoms with Gasteiger partial charge in [-0.1, -0.05) is 12.1 Å². The molecule has 0 fully saturated rings. The van der Waals surface area contributed by atoms with Gasteiger partial charge in [0.2, 0.25) is 0 Å². The fourth-order valence-corrected chi connectivity index (χ4v) is 2.45. The van der Waals surface area contributed by atoms with Gasteiger partial charge in [0.15, 0.2) is 5.82 Å². The maximum absolute atomic E-state index is 12.5. The third kappa shape index (κ3) is 2.42. The normalized spacial score (nSPS) is 14.2. The fraction of sp³-hybridized carbons (Fsp3) is 0.357. The van der Waals surface area contributed by atoms with Gasteiger partial charge in [0.1, 0.15) is 6.33 Å². The number of amides is 1. The van der Waals surface area contributed by atoms with Crippen LogP contribution in [0.2, 0.25) is 0 Å². The number of nitrogens with two attached hydrogens (primary N) is 1. The molecule has 2 N–H and O–H groups in total. The average Bonchev–Trinajstić information content (AvgIpc) is 2.94. The predicted octanol–water partition coefficient (Wildman–Crippen LogP) is 0.435. The summed E-state index contributed by atoms with van der Waals surface area (Å²) < 4.78 is 1.98. The summed E-state index contributed by atoms with van der Waals surface area (Å²) in [7, 11) is 0. The van der Waals surface area contributed by atoms with Gasteiger partial charge < -0.3 is 15.2 Å². The van der Waals surface area contributed by atoms with Crippen molar-refractivity contribution in [1.82, 2.24) is 19.7 Å². The summed E-state index contributed by atoms with van der Waals surface area (Å²) >= 11 is 0. The Morgan fingerprint density at radius 1 is 1.35 bits per heavy atom. The molecule has 6 nitrogen and oxygen atoms in total. The zero-order valence-electron chi connectivity index (χ0n) is 11.2. The van der Waals surface area contributed by atoms with Crippen LogP contribution in [0.15, 0.2) is 30.6 Å². The number of carbonyl (C=O) groups excluding carboxylic acids is 1. The lowest BCUT2D eigenvalue weighted by molar-refractivity contribution is 0.0707. The Kier molecular flexibility index (Phi) is 3.47. The molecule has 0 saturated heterocycles. The third-order valence-electron chi connectivity index (χ3n) is 3.53. The second-order valence-corrected chi connectivity index (χ2v) is 4.91. The lowest BCUT2D eigenvalue weighted by Crippen LogP contribution is -2.38. The highest BCUT2D eigenvalue weighted by Gasteiger charge is 2.22. The highest BCUT2D eigenvalue weighted by molar-refractivity contribution is 5.94. The molecule has 0 radical (unpaired) electrons. The van der Waals surface area contributed by atoms with E-state index in [0.29, 0.717) is 25.2 Å². The van der Waals surface area contributed by atoms with E-state index in [0.717, 1.165) is 24.4 Å². The minimum Gasteiger partial charge on any atom is -0.330 e. The highest BCUT2D eigenvalue weighted by Crippen LogP contribution is 2.14. The second kappa shape index (κ2) is 5.42. The maximum Gasteiger partial charge on any atom is 0.254 e. The van der Waals surface area contributed by atoms with Crippen LogP contribution in [0.1, 0.15) is 21.7 Å². The molecule has 1 aliphatic rings. The van der Waals surface area contributed by atoms with E-state index in [-0.39, 0.29) is 5.91 Å². The van der Waals surface area contributed by atoms with E-state index < -0.39 is 0 Å². The average molecular weight is 271 g/mol. The molecule has 20 heavy (non-hydrogen) atoms. The van der Waals surface area contributed by atoms with E-state index in [9.17, 15) is 4.79 Å². The van der Waals surface area contributed by atoms with Crippen LogP contribution in [0.3, 0.4) is 0 Å². The van der Waals surface area contributed by atoms with Crippen molar-refractivity contribution in [2.45, 2.75) is 19.5 Å². The van der Waals surface area contributed by atoms with Crippen LogP contribution in [0, 0.1) is 0 Å². The van der Waals surface area contributed by atoms with Crippen molar-refractivity contribution in [3.63, 3.8) is 0 Å². The van der Waals surface area contributed by atoms with Gasteiger partial charge in [-0.15, -0.1) is 10.2 Å². The molecule has 0 bridgehead atoms. The van der Waals surface area contributed by atoms with E-state index in [1.807, 2.05) is 33.7 Å². The Morgan fingerprint density at radius 3 is 3.10 bits per heavy atom. The van der Waals surface area contributed by atoms with E-state index in [1.54, 1.807) is 6.33 Å². The topological polar surface area (TPSA) is 77.0 Å². The van der Waals surface area contributed by atoms with Gasteiger partial charge >= 0.3 is 0 Å². The maximum atomic E-state index is 12.5. The van der Waals surface area contributed by atoms with Crippen molar-refractivity contribution in [3.05, 3.63) is 47.5 Å². The zero-order chi connectivity index (χ0) is 13.9. The number of carbonyl (C=O) groups is 1. The second-order valence-electron chi connectivity index (χ2n) is 4.91. The lowest BCUT2D eigenvalue weighted by atomic mass is 10.1. The molecule has 1 amide bonds. The van der Waals surface area contributed by atoms with Gasteiger partial charge in [-0.2, -0.15) is 0 Å². The standard InChI is InChI=1S/C14H17N5O/c15-5-4-11-2-1-3-12(8-11)14(20)18-6-7-19-10-16-17-13(19)9-18/h1-3,8,10H,4-7,9,15H2. The molecular formula is C14H17N5O. The first-order valence-electron chi connectivity index (χ1n) is 6.73. The molecule has 0 spiro atoms. The Hall–Kier alpha value is -2.21. The summed E-state index contributed by atoms with van der Waals surface area (Å²) in [5.41, 5.74) is 7.37.